The van der Waals surface area contributed by atoms with Crippen LogP contribution >= 0.6 is 0 Å². The monoisotopic (exact) mass is 229 g/mol. The summed E-state index contributed by atoms with van der Waals surface area (Å²) in [5.41, 5.74) is 0.137. The summed E-state index contributed by atoms with van der Waals surface area (Å²) in [6.45, 7) is 0. The van der Waals surface area contributed by atoms with E-state index >= 15 is 0 Å². The summed E-state index contributed by atoms with van der Waals surface area (Å²) >= 11 is 0. The molecule has 0 saturated carbocycles. The maximum atomic E-state index is 10.0. The maximum absolute atomic E-state index is 10.0. The maximum Gasteiger partial charge on any atom is 1.00 e. The van der Waals surface area contributed by atoms with E-state index < -0.39 is 11.1 Å². The number of nitrogens with zero attached hydrogens (tertiary/aromatic N) is 1. The molecule has 0 unspecified atom stereocenters. The molecular weight excluding hydrogens is 224 g/mol. The first kappa shape index (κ1) is 20.3. The Morgan fingerprint density at radius 1 is 1.07 bits per heavy atom. The second-order valence-electron chi connectivity index (χ2n) is 1.84. The number of benzene rings is 1. The molecule has 0 bridgehead atoms. The number of carbonyl (C=O) groups is 1. The van der Waals surface area contributed by atoms with Gasteiger partial charge in [0.15, 0.2) is 0 Å². The Labute approximate surface area is 130 Å². The standard InChI is InChI=1S/C6H5NO2.CH2O3.2Na/c8-7(9)6-4-2-1-3-5-6;2-1(3)4;;/h1-5H;(H2,2,3,4);;/q;;2*+1/p-2. The third-order valence-electron chi connectivity index (χ3n) is 0.967. The second-order valence-corrected chi connectivity index (χ2v) is 1.84. The van der Waals surface area contributed by atoms with Gasteiger partial charge in [-0.25, -0.2) is 0 Å². The van der Waals surface area contributed by atoms with Crippen LogP contribution in [0.3, 0.4) is 0 Å². The Kier molecular flexibility index (Phi) is 16.2. The molecule has 0 amide bonds. The van der Waals surface area contributed by atoms with Gasteiger partial charge in [0.05, 0.1) is 4.92 Å². The van der Waals surface area contributed by atoms with Crippen LogP contribution in [-0.2, 0) is 0 Å². The van der Waals surface area contributed by atoms with Crippen LogP contribution in [0.25, 0.3) is 0 Å². The van der Waals surface area contributed by atoms with Crippen molar-refractivity contribution >= 4 is 11.8 Å². The van der Waals surface area contributed by atoms with Crippen LogP contribution in [0, 0.1) is 10.1 Å². The molecule has 0 spiro atoms. The molecule has 0 heterocycles. The Morgan fingerprint density at radius 3 is 1.60 bits per heavy atom. The molecule has 1 aromatic rings. The zero-order chi connectivity index (χ0) is 10.3. The molecule has 0 aliphatic rings. The summed E-state index contributed by atoms with van der Waals surface area (Å²) in [6, 6.07) is 7.93. The van der Waals surface area contributed by atoms with Gasteiger partial charge in [-0.3, -0.25) is 10.1 Å². The molecule has 0 fully saturated rings. The Morgan fingerprint density at radius 2 is 1.40 bits per heavy atom. The fourth-order valence-electron chi connectivity index (χ4n) is 0.550. The fraction of sp³-hybridized carbons (Fsp3) is 0. The minimum Gasteiger partial charge on any atom is -0.652 e. The molecule has 0 atom stereocenters. The molecule has 15 heavy (non-hydrogen) atoms. The van der Waals surface area contributed by atoms with Crippen molar-refractivity contribution in [2.75, 3.05) is 0 Å². The molecule has 0 aliphatic carbocycles. The molecule has 0 N–H and O–H groups in total. The van der Waals surface area contributed by atoms with Crippen LogP contribution in [0.1, 0.15) is 0 Å². The number of rotatable bonds is 1. The second kappa shape index (κ2) is 12.0. The molecule has 0 saturated heterocycles. The number of hydrogen-bond acceptors (Lipinski definition) is 5. The van der Waals surface area contributed by atoms with Gasteiger partial charge in [0.2, 0.25) is 0 Å². The van der Waals surface area contributed by atoms with E-state index in [2.05, 4.69) is 0 Å². The summed E-state index contributed by atoms with van der Waals surface area (Å²) in [4.78, 5) is 17.9. The van der Waals surface area contributed by atoms with E-state index in [1.165, 1.54) is 12.1 Å². The van der Waals surface area contributed by atoms with Gasteiger partial charge in [-0.1, -0.05) is 18.2 Å². The first-order valence-corrected chi connectivity index (χ1v) is 3.11. The summed E-state index contributed by atoms with van der Waals surface area (Å²) in [7, 11) is 0. The number of para-hydroxylation sites is 1. The van der Waals surface area contributed by atoms with E-state index in [1.54, 1.807) is 18.2 Å². The molecule has 0 aromatic heterocycles. The Balaban J connectivity index is -0.000000213. The predicted molar refractivity (Wildman–Crippen MR) is 38.5 cm³/mol. The van der Waals surface area contributed by atoms with E-state index in [-0.39, 0.29) is 64.8 Å². The number of carbonyl (C=O) groups excluding carboxylic acids is 1. The average molecular weight is 229 g/mol. The Bertz CT molecular complexity index is 289. The van der Waals surface area contributed by atoms with Gasteiger partial charge in [-0.2, -0.15) is 0 Å². The minimum atomic E-state index is -2.33. The van der Waals surface area contributed by atoms with E-state index in [1.807, 2.05) is 0 Å². The zero-order valence-corrected chi connectivity index (χ0v) is 12.4. The zero-order valence-electron chi connectivity index (χ0n) is 8.38. The molecule has 1 rings (SSSR count). The first-order chi connectivity index (χ1) is 6.04. The van der Waals surface area contributed by atoms with Crippen molar-refractivity contribution in [3.05, 3.63) is 40.4 Å². The van der Waals surface area contributed by atoms with Crippen LogP contribution in [0.5, 0.6) is 0 Å². The Hall–Kier alpha value is -0.110. The van der Waals surface area contributed by atoms with Crippen LogP contribution < -0.4 is 69.3 Å². The van der Waals surface area contributed by atoms with Gasteiger partial charge in [0.25, 0.3) is 5.69 Å². The molecular formula is C7H5NNa2O5. The van der Waals surface area contributed by atoms with Gasteiger partial charge in [-0.05, 0) is 6.16 Å². The number of carboxylic acid groups (broad SMARTS) is 2. The van der Waals surface area contributed by atoms with E-state index in [0.29, 0.717) is 0 Å². The molecule has 0 aliphatic heterocycles. The van der Waals surface area contributed by atoms with Gasteiger partial charge < -0.3 is 15.0 Å². The topological polar surface area (TPSA) is 106 Å². The van der Waals surface area contributed by atoms with Crippen LogP contribution in [0.4, 0.5) is 10.5 Å². The normalized spacial score (nSPS) is 6.93. The minimum absolute atomic E-state index is 0. The predicted octanol–water partition coefficient (Wildman–Crippen LogP) is -6.84. The van der Waals surface area contributed by atoms with Gasteiger partial charge >= 0.3 is 59.1 Å². The van der Waals surface area contributed by atoms with E-state index in [9.17, 15) is 10.1 Å². The molecule has 6 nitrogen and oxygen atoms in total. The van der Waals surface area contributed by atoms with Crippen molar-refractivity contribution in [1.82, 2.24) is 0 Å². The van der Waals surface area contributed by atoms with Crippen LogP contribution in [-0.4, -0.2) is 11.1 Å². The largest absolute Gasteiger partial charge is 1.00 e. The van der Waals surface area contributed by atoms with Crippen molar-refractivity contribution < 1.29 is 79.0 Å². The van der Waals surface area contributed by atoms with E-state index in [4.69, 9.17) is 15.0 Å². The number of non-ortho nitro benzene ring substituents is 1. The number of nitro groups is 1. The van der Waals surface area contributed by atoms with Crippen LogP contribution in [0.2, 0.25) is 0 Å². The molecule has 0 radical (unpaired) electrons. The van der Waals surface area contributed by atoms with Gasteiger partial charge in [0, 0.05) is 12.1 Å². The first-order valence-electron chi connectivity index (χ1n) is 3.11. The summed E-state index contributed by atoms with van der Waals surface area (Å²) in [5, 5.41) is 26.7. The van der Waals surface area contributed by atoms with Crippen molar-refractivity contribution in [3.8, 4) is 0 Å². The van der Waals surface area contributed by atoms with Crippen LogP contribution in [0.15, 0.2) is 30.3 Å². The van der Waals surface area contributed by atoms with Gasteiger partial charge in [-0.15, -0.1) is 0 Å². The molecule has 1 aromatic carbocycles. The van der Waals surface area contributed by atoms with Crippen molar-refractivity contribution in [2.45, 2.75) is 0 Å². The third-order valence-corrected chi connectivity index (χ3v) is 0.967. The summed E-state index contributed by atoms with van der Waals surface area (Å²) in [5.74, 6) is 0. The SMILES string of the molecule is O=C([O-])[O-].O=[N+]([O-])c1ccccc1.[Na+].[Na+]. The van der Waals surface area contributed by atoms with Crippen molar-refractivity contribution in [2.24, 2.45) is 0 Å². The molecule has 8 heteroatoms. The third kappa shape index (κ3) is 13.9. The molecule has 70 valence electrons. The number of nitro benzene ring substituents is 1. The van der Waals surface area contributed by atoms with Crippen molar-refractivity contribution in [3.63, 3.8) is 0 Å². The summed E-state index contributed by atoms with van der Waals surface area (Å²) < 4.78 is 0. The summed E-state index contributed by atoms with van der Waals surface area (Å²) in [6.07, 6.45) is -2.33. The van der Waals surface area contributed by atoms with Gasteiger partial charge in [0.1, 0.15) is 0 Å². The van der Waals surface area contributed by atoms with Crippen molar-refractivity contribution in [1.29, 1.82) is 0 Å². The number of hydrogen-bond donors (Lipinski definition) is 0. The average Bonchev–Trinajstić information content (AvgIpc) is 2.05. The fourth-order valence-corrected chi connectivity index (χ4v) is 0.550. The quantitative estimate of drug-likeness (QED) is 0.270. The van der Waals surface area contributed by atoms with E-state index in [0.717, 1.165) is 0 Å². The smallest absolute Gasteiger partial charge is 0.652 e.